The molecule has 2 heteroatoms. The predicted octanol–water partition coefficient (Wildman–Crippen LogP) is 3.21. The van der Waals surface area contributed by atoms with E-state index in [2.05, 4.69) is 25.8 Å². The molecule has 0 unspecified atom stereocenters. The third-order valence-electron chi connectivity index (χ3n) is 2.45. The summed E-state index contributed by atoms with van der Waals surface area (Å²) in [6, 6.07) is 3.93. The highest BCUT2D eigenvalue weighted by Gasteiger charge is 2.15. The summed E-state index contributed by atoms with van der Waals surface area (Å²) in [4.78, 5) is 4.19. The smallest absolute Gasteiger partial charge is 0.213 e. The van der Waals surface area contributed by atoms with Gasteiger partial charge in [0.15, 0.2) is 0 Å². The van der Waals surface area contributed by atoms with Crippen LogP contribution in [0.1, 0.15) is 32.8 Å². The fourth-order valence-electron chi connectivity index (χ4n) is 0.911. The molecule has 0 fully saturated rings. The number of aromatic nitrogens is 1. The van der Waals surface area contributed by atoms with Gasteiger partial charge in [-0.05, 0) is 24.3 Å². The second-order valence-corrected chi connectivity index (χ2v) is 4.48. The van der Waals surface area contributed by atoms with Crippen molar-refractivity contribution in [3.63, 3.8) is 0 Å². The molecular formula is C12H19NO. The van der Waals surface area contributed by atoms with Crippen molar-refractivity contribution in [3.8, 4) is 5.88 Å². The van der Waals surface area contributed by atoms with Crippen LogP contribution in [0.2, 0.25) is 0 Å². The zero-order valence-electron chi connectivity index (χ0n) is 9.50. The summed E-state index contributed by atoms with van der Waals surface area (Å²) in [5.41, 5.74) is 1.39. The Bertz CT molecular complexity index is 277. The molecular weight excluding hydrogens is 174 g/mol. The molecule has 2 nitrogen and oxygen atoms in total. The number of hydrogen-bond donors (Lipinski definition) is 0. The Kier molecular flexibility index (Phi) is 3.50. The first-order valence-electron chi connectivity index (χ1n) is 5.09. The van der Waals surface area contributed by atoms with Crippen LogP contribution in [0.3, 0.4) is 0 Å². The highest BCUT2D eigenvalue weighted by atomic mass is 16.5. The molecule has 1 aromatic heterocycles. The molecule has 0 saturated heterocycles. The lowest BCUT2D eigenvalue weighted by Crippen LogP contribution is -2.20. The highest BCUT2D eigenvalue weighted by molar-refractivity contribution is 5.16. The van der Waals surface area contributed by atoms with Crippen molar-refractivity contribution in [1.29, 1.82) is 0 Å². The van der Waals surface area contributed by atoms with E-state index in [-0.39, 0.29) is 5.41 Å². The van der Waals surface area contributed by atoms with E-state index in [4.69, 9.17) is 4.74 Å². The van der Waals surface area contributed by atoms with Crippen molar-refractivity contribution < 1.29 is 4.74 Å². The first kappa shape index (κ1) is 11.0. The van der Waals surface area contributed by atoms with Crippen LogP contribution in [0.4, 0.5) is 0 Å². The predicted molar refractivity (Wildman–Crippen MR) is 58.5 cm³/mol. The van der Waals surface area contributed by atoms with Gasteiger partial charge in [-0.25, -0.2) is 4.98 Å². The topological polar surface area (TPSA) is 22.1 Å². The monoisotopic (exact) mass is 193 g/mol. The average Bonchev–Trinajstić information content (AvgIpc) is 2.17. The first-order valence-corrected chi connectivity index (χ1v) is 5.09. The molecule has 0 radical (unpaired) electrons. The molecule has 0 atom stereocenters. The van der Waals surface area contributed by atoms with Crippen molar-refractivity contribution in [2.24, 2.45) is 5.41 Å². The molecule has 78 valence electrons. The van der Waals surface area contributed by atoms with Crippen molar-refractivity contribution in [1.82, 2.24) is 4.98 Å². The lowest BCUT2D eigenvalue weighted by atomic mass is 9.92. The molecule has 1 rings (SSSR count). The van der Waals surface area contributed by atoms with Gasteiger partial charge in [0, 0.05) is 12.3 Å². The summed E-state index contributed by atoms with van der Waals surface area (Å²) in [5.74, 6) is 0.720. The van der Waals surface area contributed by atoms with Crippen LogP contribution in [0, 0.1) is 12.3 Å². The van der Waals surface area contributed by atoms with Gasteiger partial charge in [-0.15, -0.1) is 0 Å². The largest absolute Gasteiger partial charge is 0.477 e. The molecule has 14 heavy (non-hydrogen) atoms. The summed E-state index contributed by atoms with van der Waals surface area (Å²) >= 11 is 0. The second kappa shape index (κ2) is 4.45. The molecule has 0 N–H and O–H groups in total. The molecule has 1 aromatic rings. The Labute approximate surface area is 86.3 Å². The van der Waals surface area contributed by atoms with Crippen molar-refractivity contribution in [3.05, 3.63) is 23.9 Å². The second-order valence-electron chi connectivity index (χ2n) is 4.48. The van der Waals surface area contributed by atoms with Crippen molar-refractivity contribution in [2.45, 2.75) is 34.1 Å². The van der Waals surface area contributed by atoms with Crippen LogP contribution in [-0.4, -0.2) is 11.6 Å². The van der Waals surface area contributed by atoms with Crippen LogP contribution >= 0.6 is 0 Å². The van der Waals surface area contributed by atoms with Crippen LogP contribution < -0.4 is 4.74 Å². The molecule has 0 spiro atoms. The molecule has 0 aliphatic carbocycles. The van der Waals surface area contributed by atoms with Crippen LogP contribution in [0.15, 0.2) is 18.3 Å². The SMILES string of the molecule is CCC(C)(C)COc1ccc(C)cn1. The normalized spacial score (nSPS) is 11.4. The zero-order valence-corrected chi connectivity index (χ0v) is 9.50. The van der Waals surface area contributed by atoms with E-state index < -0.39 is 0 Å². The zero-order chi connectivity index (χ0) is 10.6. The fraction of sp³-hybridized carbons (Fsp3) is 0.583. The summed E-state index contributed by atoms with van der Waals surface area (Å²) < 4.78 is 5.61. The van der Waals surface area contributed by atoms with Gasteiger partial charge in [0.1, 0.15) is 0 Å². The fourth-order valence-corrected chi connectivity index (χ4v) is 0.911. The quantitative estimate of drug-likeness (QED) is 0.732. The van der Waals surface area contributed by atoms with Gasteiger partial charge in [-0.2, -0.15) is 0 Å². The molecule has 0 aromatic carbocycles. The van der Waals surface area contributed by atoms with Gasteiger partial charge >= 0.3 is 0 Å². The summed E-state index contributed by atoms with van der Waals surface area (Å²) in [6.45, 7) is 9.31. The van der Waals surface area contributed by atoms with E-state index in [1.807, 2.05) is 25.3 Å². The maximum absolute atomic E-state index is 5.61. The Morgan fingerprint density at radius 2 is 2.07 bits per heavy atom. The maximum atomic E-state index is 5.61. The highest BCUT2D eigenvalue weighted by Crippen LogP contribution is 2.20. The van der Waals surface area contributed by atoms with Gasteiger partial charge < -0.3 is 4.74 Å². The number of ether oxygens (including phenoxy) is 1. The Hall–Kier alpha value is -1.05. The van der Waals surface area contributed by atoms with Crippen LogP contribution in [0.5, 0.6) is 5.88 Å². The van der Waals surface area contributed by atoms with Crippen LogP contribution in [0.25, 0.3) is 0 Å². The molecule has 0 bridgehead atoms. The third kappa shape index (κ3) is 3.36. The van der Waals surface area contributed by atoms with E-state index in [9.17, 15) is 0 Å². The number of aryl methyl sites for hydroxylation is 1. The van der Waals surface area contributed by atoms with E-state index in [1.54, 1.807) is 0 Å². The van der Waals surface area contributed by atoms with E-state index in [1.165, 1.54) is 0 Å². The molecule has 0 amide bonds. The van der Waals surface area contributed by atoms with Crippen LogP contribution in [-0.2, 0) is 0 Å². The summed E-state index contributed by atoms with van der Waals surface area (Å²) in [7, 11) is 0. The number of hydrogen-bond acceptors (Lipinski definition) is 2. The summed E-state index contributed by atoms with van der Waals surface area (Å²) in [5, 5.41) is 0. The minimum absolute atomic E-state index is 0.229. The minimum Gasteiger partial charge on any atom is -0.477 e. The number of rotatable bonds is 4. The van der Waals surface area contributed by atoms with Crippen molar-refractivity contribution in [2.75, 3.05) is 6.61 Å². The number of nitrogens with zero attached hydrogens (tertiary/aromatic N) is 1. The molecule has 1 heterocycles. The lowest BCUT2D eigenvalue weighted by molar-refractivity contribution is 0.170. The third-order valence-corrected chi connectivity index (χ3v) is 2.45. The number of pyridine rings is 1. The standard InChI is InChI=1S/C12H19NO/c1-5-12(3,4)9-14-11-7-6-10(2)8-13-11/h6-8H,5,9H2,1-4H3. The van der Waals surface area contributed by atoms with Gasteiger partial charge in [0.2, 0.25) is 5.88 Å². The Morgan fingerprint density at radius 1 is 1.36 bits per heavy atom. The van der Waals surface area contributed by atoms with Gasteiger partial charge in [-0.1, -0.05) is 26.8 Å². The molecule has 0 aliphatic heterocycles. The van der Waals surface area contributed by atoms with E-state index in [0.29, 0.717) is 0 Å². The van der Waals surface area contributed by atoms with Gasteiger partial charge in [-0.3, -0.25) is 0 Å². The maximum Gasteiger partial charge on any atom is 0.213 e. The summed E-state index contributed by atoms with van der Waals surface area (Å²) in [6.07, 6.45) is 2.94. The average molecular weight is 193 g/mol. The lowest BCUT2D eigenvalue weighted by Gasteiger charge is -2.22. The Balaban J connectivity index is 2.50. The van der Waals surface area contributed by atoms with E-state index >= 15 is 0 Å². The minimum atomic E-state index is 0.229. The first-order chi connectivity index (χ1) is 6.53. The molecule has 0 saturated carbocycles. The van der Waals surface area contributed by atoms with E-state index in [0.717, 1.165) is 24.5 Å². The molecule has 0 aliphatic rings. The van der Waals surface area contributed by atoms with Gasteiger partial charge in [0.25, 0.3) is 0 Å². The van der Waals surface area contributed by atoms with Crippen molar-refractivity contribution >= 4 is 0 Å². The Morgan fingerprint density at radius 3 is 2.57 bits per heavy atom. The van der Waals surface area contributed by atoms with Gasteiger partial charge in [0.05, 0.1) is 6.61 Å².